The monoisotopic (exact) mass is 182 g/mol. The maximum absolute atomic E-state index is 5.32. The maximum atomic E-state index is 5.32. The molecule has 0 heterocycles. The van der Waals surface area contributed by atoms with Crippen molar-refractivity contribution < 1.29 is 0 Å². The highest BCUT2D eigenvalue weighted by molar-refractivity contribution is 5.05. The van der Waals surface area contributed by atoms with Gasteiger partial charge < -0.3 is 5.43 Å². The highest BCUT2D eigenvalue weighted by Gasteiger charge is 2.14. The van der Waals surface area contributed by atoms with Crippen molar-refractivity contribution in [2.24, 2.45) is 17.7 Å². The van der Waals surface area contributed by atoms with Crippen LogP contribution < -0.4 is 11.3 Å². The number of nitrogens with two attached hydrogens (primary N) is 1. The lowest BCUT2D eigenvalue weighted by Gasteiger charge is -2.22. The summed E-state index contributed by atoms with van der Waals surface area (Å²) >= 11 is 0. The lowest BCUT2D eigenvalue weighted by atomic mass is 9.84. The highest BCUT2D eigenvalue weighted by atomic mass is 15.2. The first kappa shape index (κ1) is 10.6. The third-order valence-electron chi connectivity index (χ3n) is 3.16. The van der Waals surface area contributed by atoms with Crippen LogP contribution in [-0.2, 0) is 0 Å². The van der Waals surface area contributed by atoms with E-state index in [2.05, 4.69) is 19.3 Å². The van der Waals surface area contributed by atoms with Gasteiger partial charge in [-0.05, 0) is 31.1 Å². The summed E-state index contributed by atoms with van der Waals surface area (Å²) in [6.45, 7) is 4.66. The van der Waals surface area contributed by atoms with Crippen molar-refractivity contribution in [1.82, 2.24) is 5.43 Å². The van der Waals surface area contributed by atoms with Crippen LogP contribution in [0.4, 0.5) is 0 Å². The summed E-state index contributed by atoms with van der Waals surface area (Å²) < 4.78 is 0. The van der Waals surface area contributed by atoms with Gasteiger partial charge in [-0.25, -0.2) is 0 Å². The number of hydrogen-bond acceptors (Lipinski definition) is 2. The second-order valence-corrected chi connectivity index (χ2v) is 4.36. The molecule has 0 aromatic carbocycles. The van der Waals surface area contributed by atoms with Crippen LogP contribution in [0.2, 0.25) is 0 Å². The van der Waals surface area contributed by atoms with Crippen LogP contribution in [-0.4, -0.2) is 0 Å². The number of hydrogen-bond donors (Lipinski definition) is 2. The van der Waals surface area contributed by atoms with Gasteiger partial charge >= 0.3 is 0 Å². The molecule has 0 radical (unpaired) electrons. The predicted octanol–water partition coefficient (Wildman–Crippen LogP) is 2.57. The molecule has 1 saturated carbocycles. The lowest BCUT2D eigenvalue weighted by Crippen LogP contribution is -2.17. The third kappa shape index (κ3) is 3.39. The van der Waals surface area contributed by atoms with Gasteiger partial charge in [0.25, 0.3) is 0 Å². The van der Waals surface area contributed by atoms with Crippen molar-refractivity contribution in [3.05, 3.63) is 11.8 Å². The van der Waals surface area contributed by atoms with Crippen molar-refractivity contribution in [3.63, 3.8) is 0 Å². The fourth-order valence-electron chi connectivity index (χ4n) is 2.08. The van der Waals surface area contributed by atoms with E-state index in [-0.39, 0.29) is 0 Å². The van der Waals surface area contributed by atoms with Gasteiger partial charge in [0.1, 0.15) is 0 Å². The summed E-state index contributed by atoms with van der Waals surface area (Å²) in [5.74, 6) is 6.91. The zero-order chi connectivity index (χ0) is 9.68. The van der Waals surface area contributed by atoms with Gasteiger partial charge in [-0.3, -0.25) is 5.84 Å². The standard InChI is InChI=1S/C11H22N2/c1-9-4-3-5-10(2)11(7-6-9)8-13-12/h8-10,13H,3-7,12H2,1-2H3/b11-8-. The molecule has 13 heavy (non-hydrogen) atoms. The van der Waals surface area contributed by atoms with Crippen molar-refractivity contribution in [1.29, 1.82) is 0 Å². The molecule has 76 valence electrons. The molecule has 1 aliphatic carbocycles. The Labute approximate surface area is 81.6 Å². The summed E-state index contributed by atoms with van der Waals surface area (Å²) in [7, 11) is 0. The average molecular weight is 182 g/mol. The molecule has 0 bridgehead atoms. The summed E-state index contributed by atoms with van der Waals surface area (Å²) in [5.41, 5.74) is 4.16. The SMILES string of the molecule is CC1CCCC(C)/C(=C\NN)CC1. The minimum Gasteiger partial charge on any atom is -0.331 e. The van der Waals surface area contributed by atoms with E-state index in [0.717, 1.165) is 5.92 Å². The zero-order valence-corrected chi connectivity index (χ0v) is 8.84. The van der Waals surface area contributed by atoms with Crippen molar-refractivity contribution in [2.75, 3.05) is 0 Å². The van der Waals surface area contributed by atoms with Crippen molar-refractivity contribution >= 4 is 0 Å². The van der Waals surface area contributed by atoms with Crippen molar-refractivity contribution in [3.8, 4) is 0 Å². The number of hydrazine groups is 1. The summed E-state index contributed by atoms with van der Waals surface area (Å²) in [6, 6.07) is 0. The molecule has 2 heteroatoms. The quantitative estimate of drug-likeness (QED) is 0.483. The van der Waals surface area contributed by atoms with Crippen LogP contribution in [0.1, 0.15) is 46.0 Å². The molecular formula is C11H22N2. The zero-order valence-electron chi connectivity index (χ0n) is 8.84. The molecule has 2 unspecified atom stereocenters. The van der Waals surface area contributed by atoms with Gasteiger partial charge in [0.2, 0.25) is 0 Å². The van der Waals surface area contributed by atoms with Crippen molar-refractivity contribution in [2.45, 2.75) is 46.0 Å². The first-order valence-corrected chi connectivity index (χ1v) is 5.39. The van der Waals surface area contributed by atoms with Crippen LogP contribution in [0.3, 0.4) is 0 Å². The largest absolute Gasteiger partial charge is 0.331 e. The van der Waals surface area contributed by atoms with Crippen LogP contribution in [0.15, 0.2) is 11.8 Å². The van der Waals surface area contributed by atoms with Crippen LogP contribution in [0, 0.1) is 11.8 Å². The molecule has 0 spiro atoms. The smallest absolute Gasteiger partial charge is 0.0117 e. The average Bonchev–Trinajstić information content (AvgIpc) is 2.10. The Morgan fingerprint density at radius 1 is 1.31 bits per heavy atom. The minimum absolute atomic E-state index is 0.712. The summed E-state index contributed by atoms with van der Waals surface area (Å²) in [5, 5.41) is 0. The van der Waals surface area contributed by atoms with Gasteiger partial charge in [-0.15, -0.1) is 0 Å². The molecule has 1 rings (SSSR count). The maximum Gasteiger partial charge on any atom is 0.0117 e. The van der Waals surface area contributed by atoms with Gasteiger partial charge in [0, 0.05) is 6.20 Å². The van der Waals surface area contributed by atoms with E-state index in [1.807, 2.05) is 6.20 Å². The second-order valence-electron chi connectivity index (χ2n) is 4.36. The summed E-state index contributed by atoms with van der Waals surface area (Å²) in [4.78, 5) is 0. The Morgan fingerprint density at radius 2 is 2.08 bits per heavy atom. The molecule has 0 amide bonds. The normalized spacial score (nSPS) is 33.9. The molecule has 0 aliphatic heterocycles. The van der Waals surface area contributed by atoms with E-state index >= 15 is 0 Å². The van der Waals surface area contributed by atoms with Gasteiger partial charge in [-0.2, -0.15) is 0 Å². The molecule has 0 aromatic heterocycles. The fraction of sp³-hybridized carbons (Fsp3) is 0.818. The Kier molecular flexibility index (Phi) is 4.29. The minimum atomic E-state index is 0.712. The van der Waals surface area contributed by atoms with E-state index in [4.69, 9.17) is 5.84 Å². The van der Waals surface area contributed by atoms with E-state index < -0.39 is 0 Å². The first-order valence-electron chi connectivity index (χ1n) is 5.39. The van der Waals surface area contributed by atoms with E-state index in [0.29, 0.717) is 5.92 Å². The molecule has 1 aliphatic rings. The van der Waals surface area contributed by atoms with E-state index in [1.165, 1.54) is 37.7 Å². The van der Waals surface area contributed by atoms with Crippen LogP contribution in [0.25, 0.3) is 0 Å². The Balaban J connectivity index is 2.53. The summed E-state index contributed by atoms with van der Waals surface area (Å²) in [6.07, 6.45) is 8.60. The molecular weight excluding hydrogens is 160 g/mol. The number of nitrogens with one attached hydrogen (secondary N) is 1. The molecule has 3 N–H and O–H groups in total. The number of rotatable bonds is 1. The topological polar surface area (TPSA) is 38.0 Å². The number of allylic oxidation sites excluding steroid dienone is 1. The first-order chi connectivity index (χ1) is 6.24. The van der Waals surface area contributed by atoms with E-state index in [1.54, 1.807) is 0 Å². The Bertz CT molecular complexity index is 175. The fourth-order valence-corrected chi connectivity index (χ4v) is 2.08. The molecule has 1 fully saturated rings. The Morgan fingerprint density at radius 3 is 2.77 bits per heavy atom. The lowest BCUT2D eigenvalue weighted by molar-refractivity contribution is 0.401. The third-order valence-corrected chi connectivity index (χ3v) is 3.16. The van der Waals surface area contributed by atoms with Gasteiger partial charge in [0.15, 0.2) is 0 Å². The van der Waals surface area contributed by atoms with Crippen LogP contribution in [0.5, 0.6) is 0 Å². The molecule has 0 saturated heterocycles. The van der Waals surface area contributed by atoms with Gasteiger partial charge in [-0.1, -0.05) is 32.3 Å². The second kappa shape index (κ2) is 5.28. The predicted molar refractivity (Wildman–Crippen MR) is 56.8 cm³/mol. The molecule has 2 nitrogen and oxygen atoms in total. The molecule has 2 atom stereocenters. The van der Waals surface area contributed by atoms with E-state index in [9.17, 15) is 0 Å². The van der Waals surface area contributed by atoms with Gasteiger partial charge in [0.05, 0.1) is 0 Å². The highest BCUT2D eigenvalue weighted by Crippen LogP contribution is 2.28. The van der Waals surface area contributed by atoms with Crippen LogP contribution >= 0.6 is 0 Å². The Hall–Kier alpha value is -0.500. The molecule has 0 aromatic rings.